The van der Waals surface area contributed by atoms with Crippen molar-refractivity contribution in [1.82, 2.24) is 4.57 Å². The zero-order chi connectivity index (χ0) is 34.4. The summed E-state index contributed by atoms with van der Waals surface area (Å²) in [5.41, 5.74) is 17.8. The van der Waals surface area contributed by atoms with Crippen molar-refractivity contribution in [3.05, 3.63) is 206 Å². The molecule has 2 heterocycles. The average molecular weight is 663 g/mol. The fraction of sp³-hybridized carbons (Fsp3) is 0. The average Bonchev–Trinajstić information content (AvgIpc) is 3.51. The fourth-order valence-electron chi connectivity index (χ4n) is 7.98. The molecular weight excluding hydrogens is 629 g/mol. The van der Waals surface area contributed by atoms with E-state index in [1.807, 2.05) is 0 Å². The highest BCUT2D eigenvalue weighted by Crippen LogP contribution is 2.54. The van der Waals surface area contributed by atoms with Gasteiger partial charge in [-0.1, -0.05) is 146 Å². The third-order valence-corrected chi connectivity index (χ3v) is 10.3. The minimum Gasteiger partial charge on any atom is -0.309 e. The van der Waals surface area contributed by atoms with Crippen molar-refractivity contribution in [3.63, 3.8) is 0 Å². The van der Waals surface area contributed by atoms with E-state index >= 15 is 0 Å². The Balaban J connectivity index is 1.21. The van der Waals surface area contributed by atoms with E-state index < -0.39 is 0 Å². The van der Waals surface area contributed by atoms with Gasteiger partial charge in [0.15, 0.2) is 0 Å². The minimum atomic E-state index is 1.12. The summed E-state index contributed by atoms with van der Waals surface area (Å²) in [4.78, 5) is 2.46. The van der Waals surface area contributed by atoms with E-state index in [9.17, 15) is 0 Å². The molecule has 0 N–H and O–H groups in total. The predicted octanol–water partition coefficient (Wildman–Crippen LogP) is 13.7. The van der Waals surface area contributed by atoms with Gasteiger partial charge >= 0.3 is 0 Å². The van der Waals surface area contributed by atoms with Crippen LogP contribution in [-0.2, 0) is 0 Å². The van der Waals surface area contributed by atoms with Crippen molar-refractivity contribution >= 4 is 28.0 Å². The maximum absolute atomic E-state index is 2.46. The lowest BCUT2D eigenvalue weighted by Crippen LogP contribution is -2.11. The van der Waals surface area contributed by atoms with Crippen LogP contribution in [0.1, 0.15) is 0 Å². The van der Waals surface area contributed by atoms with Crippen LogP contribution in [0.5, 0.6) is 0 Å². The van der Waals surface area contributed by atoms with Gasteiger partial charge in [-0.15, -0.1) is 0 Å². The summed E-state index contributed by atoms with van der Waals surface area (Å²) < 4.78 is 2.44. The predicted molar refractivity (Wildman–Crippen MR) is 219 cm³/mol. The van der Waals surface area contributed by atoms with Gasteiger partial charge < -0.3 is 9.47 Å². The van der Waals surface area contributed by atoms with Crippen molar-refractivity contribution < 1.29 is 0 Å². The van der Waals surface area contributed by atoms with Gasteiger partial charge in [0.25, 0.3) is 0 Å². The van der Waals surface area contributed by atoms with Crippen LogP contribution in [0.2, 0.25) is 0 Å². The summed E-state index contributed by atoms with van der Waals surface area (Å²) in [5.74, 6) is 0. The molecule has 244 valence electrons. The lowest BCUT2D eigenvalue weighted by atomic mass is 9.93. The Morgan fingerprint density at radius 3 is 1.46 bits per heavy atom. The number of hydrogen-bond donors (Lipinski definition) is 0. The van der Waals surface area contributed by atoms with Crippen LogP contribution in [-0.4, -0.2) is 4.57 Å². The van der Waals surface area contributed by atoms with E-state index in [1.165, 1.54) is 66.7 Å². The first kappa shape index (κ1) is 30.0. The van der Waals surface area contributed by atoms with Crippen LogP contribution in [0.4, 0.5) is 17.1 Å². The molecule has 1 aromatic heterocycles. The summed E-state index contributed by atoms with van der Waals surface area (Å²) in [7, 11) is 0. The first-order valence-corrected chi connectivity index (χ1v) is 17.9. The molecule has 1 aliphatic heterocycles. The molecule has 2 nitrogen and oxygen atoms in total. The second-order valence-corrected chi connectivity index (χ2v) is 13.4. The number of nitrogens with zero attached hydrogens (tertiary/aromatic N) is 2. The maximum Gasteiger partial charge on any atom is 0.0641 e. The van der Waals surface area contributed by atoms with E-state index in [0.29, 0.717) is 0 Å². The molecular formula is C50H34N2. The first-order valence-electron chi connectivity index (χ1n) is 17.9. The number of para-hydroxylation sites is 4. The molecule has 8 aromatic carbocycles. The van der Waals surface area contributed by atoms with E-state index in [0.717, 1.165) is 22.7 Å². The molecule has 2 heteroatoms. The lowest BCUT2D eigenvalue weighted by molar-refractivity contribution is 1.13. The number of hydrogen-bond acceptors (Lipinski definition) is 1. The Bertz CT molecular complexity index is 2670. The minimum absolute atomic E-state index is 1.12. The highest BCUT2D eigenvalue weighted by Gasteiger charge is 2.31. The number of fused-ring (bicyclic) bond motifs is 7. The van der Waals surface area contributed by atoms with E-state index in [1.54, 1.807) is 0 Å². The van der Waals surface area contributed by atoms with Gasteiger partial charge in [0.2, 0.25) is 0 Å². The van der Waals surface area contributed by atoms with Crippen molar-refractivity contribution in [2.45, 2.75) is 0 Å². The Morgan fingerprint density at radius 2 is 0.788 bits per heavy atom. The maximum atomic E-state index is 2.46. The van der Waals surface area contributed by atoms with Crippen LogP contribution in [0, 0.1) is 0 Å². The lowest BCUT2D eigenvalue weighted by Gasteiger charge is -2.28. The second-order valence-electron chi connectivity index (χ2n) is 13.4. The van der Waals surface area contributed by atoms with Crippen molar-refractivity contribution in [3.8, 4) is 61.5 Å². The van der Waals surface area contributed by atoms with Gasteiger partial charge in [0.1, 0.15) is 0 Å². The Hall–Kier alpha value is -6.90. The molecule has 52 heavy (non-hydrogen) atoms. The van der Waals surface area contributed by atoms with E-state index in [-0.39, 0.29) is 0 Å². The van der Waals surface area contributed by atoms with Gasteiger partial charge in [-0.05, 0) is 94.0 Å². The quantitative estimate of drug-likeness (QED) is 0.178. The summed E-state index contributed by atoms with van der Waals surface area (Å²) in [6.45, 7) is 0. The topological polar surface area (TPSA) is 8.17 Å². The second kappa shape index (κ2) is 12.5. The standard InChI is InChI=1S/C50H34N2/c1-4-17-35(18-5-1)38-31-39(36-19-6-2-7-20-36)33-40(32-38)37-21-16-24-42(34-37)51-46-28-13-10-25-43(46)49-44-26-11-14-29-47(44)52(41-22-8-3-9-23-41)50(49)45-27-12-15-30-48(45)51/h1-34H. The third kappa shape index (κ3) is 4.96. The molecule has 0 radical (unpaired) electrons. The highest BCUT2D eigenvalue weighted by atomic mass is 15.2. The number of rotatable bonds is 5. The zero-order valence-electron chi connectivity index (χ0n) is 28.5. The summed E-state index contributed by atoms with van der Waals surface area (Å²) >= 11 is 0. The molecule has 1 aliphatic rings. The van der Waals surface area contributed by atoms with Gasteiger partial charge in [0, 0.05) is 33.5 Å². The molecule has 0 unspecified atom stereocenters. The fourth-order valence-corrected chi connectivity index (χ4v) is 7.98. The molecule has 0 spiro atoms. The smallest absolute Gasteiger partial charge is 0.0641 e. The van der Waals surface area contributed by atoms with Crippen molar-refractivity contribution in [1.29, 1.82) is 0 Å². The molecule has 0 aliphatic carbocycles. The monoisotopic (exact) mass is 662 g/mol. The molecule has 0 saturated heterocycles. The van der Waals surface area contributed by atoms with Crippen LogP contribution >= 0.6 is 0 Å². The van der Waals surface area contributed by atoms with Crippen LogP contribution in [0.3, 0.4) is 0 Å². The number of benzene rings is 8. The molecule has 0 atom stereocenters. The Kier molecular flexibility index (Phi) is 7.18. The SMILES string of the molecule is c1ccc(-c2cc(-c3ccccc3)cc(-c3cccc(N4c5ccccc5-c5c(n(-c6ccccc6)c6ccccc56)-c5ccccc54)c3)c2)cc1. The van der Waals surface area contributed by atoms with Crippen LogP contribution < -0.4 is 4.90 Å². The molecule has 9 aromatic rings. The summed E-state index contributed by atoms with van der Waals surface area (Å²) in [6, 6.07) is 74.7. The van der Waals surface area contributed by atoms with Gasteiger partial charge in [-0.2, -0.15) is 0 Å². The molecule has 0 saturated carbocycles. The molecule has 10 rings (SSSR count). The number of aromatic nitrogens is 1. The molecule has 0 amide bonds. The first-order chi connectivity index (χ1) is 25.8. The van der Waals surface area contributed by atoms with Gasteiger partial charge in [0.05, 0.1) is 22.6 Å². The van der Waals surface area contributed by atoms with Crippen LogP contribution in [0.15, 0.2) is 206 Å². The molecule has 0 bridgehead atoms. The summed E-state index contributed by atoms with van der Waals surface area (Å²) in [6.07, 6.45) is 0. The number of anilines is 3. The Morgan fingerprint density at radius 1 is 0.308 bits per heavy atom. The molecule has 0 fully saturated rings. The van der Waals surface area contributed by atoms with Gasteiger partial charge in [-0.3, -0.25) is 0 Å². The highest BCUT2D eigenvalue weighted by molar-refractivity contribution is 6.13. The normalized spacial score (nSPS) is 11.8. The third-order valence-electron chi connectivity index (χ3n) is 10.3. The van der Waals surface area contributed by atoms with Crippen LogP contribution in [0.25, 0.3) is 72.4 Å². The van der Waals surface area contributed by atoms with Crippen molar-refractivity contribution in [2.75, 3.05) is 4.90 Å². The van der Waals surface area contributed by atoms with Gasteiger partial charge in [-0.25, -0.2) is 0 Å². The zero-order valence-corrected chi connectivity index (χ0v) is 28.5. The van der Waals surface area contributed by atoms with Crippen molar-refractivity contribution in [2.24, 2.45) is 0 Å². The van der Waals surface area contributed by atoms with E-state index in [2.05, 4.69) is 216 Å². The largest absolute Gasteiger partial charge is 0.309 e. The summed E-state index contributed by atoms with van der Waals surface area (Å²) in [5, 5.41) is 1.24. The Labute approximate surface area is 304 Å². The van der Waals surface area contributed by atoms with E-state index in [4.69, 9.17) is 0 Å².